The molecule has 19 heavy (non-hydrogen) atoms. The van der Waals surface area contributed by atoms with Crippen molar-refractivity contribution in [2.24, 2.45) is 11.8 Å². The summed E-state index contributed by atoms with van der Waals surface area (Å²) in [6.07, 6.45) is -1.67. The second-order valence-electron chi connectivity index (χ2n) is 5.72. The Hall–Kier alpha value is -0.290. The van der Waals surface area contributed by atoms with Gasteiger partial charge in [0.1, 0.15) is 0 Å². The van der Waals surface area contributed by atoms with Gasteiger partial charge < -0.3 is 10.1 Å². The minimum atomic E-state index is -4.09. The Bertz CT molecular complexity index is 256. The molecule has 0 aromatic carbocycles. The molecule has 0 aromatic heterocycles. The average molecular weight is 281 g/mol. The van der Waals surface area contributed by atoms with Gasteiger partial charge in [0, 0.05) is 18.7 Å². The van der Waals surface area contributed by atoms with Crippen molar-refractivity contribution in [1.82, 2.24) is 5.32 Å². The standard InChI is InChI=1S/C14H26F3NO/c1-4-19-9-13(10(2)3)18-12-8-6-5-7-11(12)14(15,16)17/h10-13,18H,4-9H2,1-3H3. The molecular weight excluding hydrogens is 255 g/mol. The highest BCUT2D eigenvalue weighted by Crippen LogP contribution is 2.38. The van der Waals surface area contributed by atoms with Crippen LogP contribution in [0.4, 0.5) is 13.2 Å². The van der Waals surface area contributed by atoms with Gasteiger partial charge in [-0.15, -0.1) is 0 Å². The SMILES string of the molecule is CCOCC(NC1CCCCC1C(F)(F)F)C(C)C. The van der Waals surface area contributed by atoms with Crippen molar-refractivity contribution < 1.29 is 17.9 Å². The zero-order valence-corrected chi connectivity index (χ0v) is 12.1. The van der Waals surface area contributed by atoms with Gasteiger partial charge in [-0.3, -0.25) is 0 Å². The summed E-state index contributed by atoms with van der Waals surface area (Å²) < 4.78 is 44.4. The molecule has 0 bridgehead atoms. The van der Waals surface area contributed by atoms with Crippen molar-refractivity contribution in [1.29, 1.82) is 0 Å². The molecule has 1 N–H and O–H groups in total. The minimum absolute atomic E-state index is 0.00657. The maximum atomic E-state index is 13.0. The van der Waals surface area contributed by atoms with E-state index in [9.17, 15) is 13.2 Å². The van der Waals surface area contributed by atoms with Gasteiger partial charge in [-0.1, -0.05) is 26.7 Å². The van der Waals surface area contributed by atoms with Crippen LogP contribution < -0.4 is 5.32 Å². The lowest BCUT2D eigenvalue weighted by Gasteiger charge is -2.37. The predicted octanol–water partition coefficient (Wildman–Crippen LogP) is 3.76. The van der Waals surface area contributed by atoms with Crippen LogP contribution in [-0.4, -0.2) is 31.5 Å². The summed E-state index contributed by atoms with van der Waals surface area (Å²) in [5, 5.41) is 3.20. The highest BCUT2D eigenvalue weighted by Gasteiger charge is 2.45. The van der Waals surface area contributed by atoms with Crippen LogP contribution in [0.2, 0.25) is 0 Å². The van der Waals surface area contributed by atoms with E-state index in [1.165, 1.54) is 0 Å². The van der Waals surface area contributed by atoms with Crippen LogP contribution >= 0.6 is 0 Å². The lowest BCUT2D eigenvalue weighted by atomic mass is 9.83. The molecule has 0 spiro atoms. The molecule has 3 atom stereocenters. The van der Waals surface area contributed by atoms with E-state index < -0.39 is 18.1 Å². The van der Waals surface area contributed by atoms with E-state index >= 15 is 0 Å². The van der Waals surface area contributed by atoms with E-state index in [0.29, 0.717) is 26.1 Å². The van der Waals surface area contributed by atoms with Gasteiger partial charge in [-0.25, -0.2) is 0 Å². The van der Waals surface area contributed by atoms with Crippen molar-refractivity contribution in [3.05, 3.63) is 0 Å². The Morgan fingerprint density at radius 2 is 1.84 bits per heavy atom. The molecular formula is C14H26F3NO. The van der Waals surface area contributed by atoms with Crippen molar-refractivity contribution in [3.63, 3.8) is 0 Å². The molecule has 0 saturated heterocycles. The molecule has 114 valence electrons. The summed E-state index contributed by atoms with van der Waals surface area (Å²) >= 11 is 0. The molecule has 3 unspecified atom stereocenters. The Balaban J connectivity index is 2.63. The third-order valence-corrected chi connectivity index (χ3v) is 3.92. The van der Waals surface area contributed by atoms with Gasteiger partial charge in [0.05, 0.1) is 12.5 Å². The number of alkyl halides is 3. The van der Waals surface area contributed by atoms with E-state index in [4.69, 9.17) is 4.74 Å². The number of nitrogens with one attached hydrogen (secondary N) is 1. The average Bonchev–Trinajstić information content (AvgIpc) is 2.33. The fourth-order valence-electron chi connectivity index (χ4n) is 2.67. The fraction of sp³-hybridized carbons (Fsp3) is 1.00. The van der Waals surface area contributed by atoms with Crippen LogP contribution in [0.3, 0.4) is 0 Å². The zero-order chi connectivity index (χ0) is 14.5. The summed E-state index contributed by atoms with van der Waals surface area (Å²) in [5.74, 6) is -0.938. The van der Waals surface area contributed by atoms with Gasteiger partial charge in [0.2, 0.25) is 0 Å². The molecule has 1 aliphatic rings. The van der Waals surface area contributed by atoms with Crippen LogP contribution in [0, 0.1) is 11.8 Å². The van der Waals surface area contributed by atoms with Gasteiger partial charge in [-0.2, -0.15) is 13.2 Å². The van der Waals surface area contributed by atoms with Crippen LogP contribution in [0.15, 0.2) is 0 Å². The molecule has 0 aliphatic heterocycles. The highest BCUT2D eigenvalue weighted by atomic mass is 19.4. The number of hydrogen-bond acceptors (Lipinski definition) is 2. The van der Waals surface area contributed by atoms with Gasteiger partial charge in [0.15, 0.2) is 0 Å². The van der Waals surface area contributed by atoms with Gasteiger partial charge in [0.25, 0.3) is 0 Å². The Morgan fingerprint density at radius 3 is 2.37 bits per heavy atom. The summed E-state index contributed by atoms with van der Waals surface area (Å²) in [6, 6.07) is -0.463. The Kier molecular flexibility index (Phi) is 6.60. The van der Waals surface area contributed by atoms with Gasteiger partial charge >= 0.3 is 6.18 Å². The molecule has 1 fully saturated rings. The molecule has 0 aromatic rings. The Morgan fingerprint density at radius 1 is 1.21 bits per heavy atom. The zero-order valence-electron chi connectivity index (χ0n) is 12.1. The predicted molar refractivity (Wildman–Crippen MR) is 70.1 cm³/mol. The largest absolute Gasteiger partial charge is 0.393 e. The van der Waals surface area contributed by atoms with E-state index in [1.54, 1.807) is 0 Å². The molecule has 1 aliphatic carbocycles. The summed E-state index contributed by atoms with van der Waals surface area (Å²) in [5.41, 5.74) is 0. The molecule has 2 nitrogen and oxygen atoms in total. The smallest absolute Gasteiger partial charge is 0.380 e. The van der Waals surface area contributed by atoms with Crippen molar-refractivity contribution in [2.45, 2.75) is 64.7 Å². The van der Waals surface area contributed by atoms with E-state index in [-0.39, 0.29) is 18.4 Å². The first-order valence-electron chi connectivity index (χ1n) is 7.26. The Labute approximate surface area is 114 Å². The monoisotopic (exact) mass is 281 g/mol. The van der Waals surface area contributed by atoms with Crippen LogP contribution in [0.5, 0.6) is 0 Å². The third-order valence-electron chi connectivity index (χ3n) is 3.92. The summed E-state index contributed by atoms with van der Waals surface area (Å²) in [4.78, 5) is 0. The van der Waals surface area contributed by atoms with Crippen LogP contribution in [-0.2, 0) is 4.74 Å². The topological polar surface area (TPSA) is 21.3 Å². The molecule has 1 rings (SSSR count). The number of rotatable bonds is 6. The molecule has 0 radical (unpaired) electrons. The second kappa shape index (κ2) is 7.48. The van der Waals surface area contributed by atoms with E-state index in [2.05, 4.69) is 5.32 Å². The van der Waals surface area contributed by atoms with Crippen LogP contribution in [0.25, 0.3) is 0 Å². The number of hydrogen-bond donors (Lipinski definition) is 1. The van der Waals surface area contributed by atoms with Gasteiger partial charge in [-0.05, 0) is 25.7 Å². The molecule has 1 saturated carbocycles. The third kappa shape index (κ3) is 5.30. The normalized spacial score (nSPS) is 26.7. The van der Waals surface area contributed by atoms with Crippen molar-refractivity contribution in [3.8, 4) is 0 Å². The van der Waals surface area contributed by atoms with E-state index in [1.807, 2.05) is 20.8 Å². The maximum absolute atomic E-state index is 13.0. The first-order chi connectivity index (χ1) is 8.86. The first-order valence-corrected chi connectivity index (χ1v) is 7.26. The highest BCUT2D eigenvalue weighted by molar-refractivity contribution is 4.88. The molecule has 0 amide bonds. The summed E-state index contributed by atoms with van der Waals surface area (Å²) in [7, 11) is 0. The first kappa shape index (κ1) is 16.8. The lowest BCUT2D eigenvalue weighted by Crippen LogP contribution is -2.52. The summed E-state index contributed by atoms with van der Waals surface area (Å²) in [6.45, 7) is 7.01. The van der Waals surface area contributed by atoms with Crippen molar-refractivity contribution >= 4 is 0 Å². The second-order valence-corrected chi connectivity index (χ2v) is 5.72. The number of halogens is 3. The van der Waals surface area contributed by atoms with Crippen molar-refractivity contribution in [2.75, 3.05) is 13.2 Å². The maximum Gasteiger partial charge on any atom is 0.393 e. The molecule has 0 heterocycles. The molecule has 5 heteroatoms. The fourth-order valence-corrected chi connectivity index (χ4v) is 2.67. The van der Waals surface area contributed by atoms with E-state index in [0.717, 1.165) is 6.42 Å². The number of ether oxygens (including phenoxy) is 1. The quantitative estimate of drug-likeness (QED) is 0.800. The van der Waals surface area contributed by atoms with Crippen LogP contribution in [0.1, 0.15) is 46.5 Å². The lowest BCUT2D eigenvalue weighted by molar-refractivity contribution is -0.190. The minimum Gasteiger partial charge on any atom is -0.380 e.